The molecule has 24 heavy (non-hydrogen) atoms. The summed E-state index contributed by atoms with van der Waals surface area (Å²) < 4.78 is 0. The minimum atomic E-state index is -0.354. The summed E-state index contributed by atoms with van der Waals surface area (Å²) in [5.74, 6) is 1.16. The first kappa shape index (κ1) is 16.8. The molecular formula is C15H16Cl2N6O. The molecule has 4 rings (SSSR count). The van der Waals surface area contributed by atoms with E-state index in [0.29, 0.717) is 22.6 Å². The Morgan fingerprint density at radius 2 is 2.17 bits per heavy atom. The number of fused-ring (bicyclic) bond motifs is 1. The van der Waals surface area contributed by atoms with Gasteiger partial charge in [-0.1, -0.05) is 17.7 Å². The summed E-state index contributed by atoms with van der Waals surface area (Å²) in [5, 5.41) is 15.7. The molecule has 0 radical (unpaired) electrons. The topological polar surface area (TPSA) is 98.5 Å². The summed E-state index contributed by atoms with van der Waals surface area (Å²) in [7, 11) is 0. The molecule has 1 aliphatic rings. The van der Waals surface area contributed by atoms with Crippen LogP contribution in [0.5, 0.6) is 0 Å². The molecule has 1 aromatic carbocycles. The molecule has 0 bridgehead atoms. The minimum absolute atomic E-state index is 0. The Labute approximate surface area is 148 Å². The van der Waals surface area contributed by atoms with E-state index >= 15 is 0 Å². The normalized spacial score (nSPS) is 17.0. The van der Waals surface area contributed by atoms with Gasteiger partial charge in [0.2, 0.25) is 0 Å². The molecule has 0 amide bonds. The largest absolute Gasteiger partial charge is 0.365 e. The smallest absolute Gasteiger partial charge is 0.340 e. The van der Waals surface area contributed by atoms with Gasteiger partial charge in [0.05, 0.1) is 0 Å². The third-order valence-electron chi connectivity index (χ3n) is 3.94. The summed E-state index contributed by atoms with van der Waals surface area (Å²) in [4.78, 5) is 18.6. The number of pyridine rings is 1. The van der Waals surface area contributed by atoms with Crippen molar-refractivity contribution in [2.75, 3.05) is 18.4 Å². The van der Waals surface area contributed by atoms with Crippen LogP contribution in [-0.2, 0) is 0 Å². The van der Waals surface area contributed by atoms with Crippen molar-refractivity contribution in [3.8, 4) is 11.5 Å². The van der Waals surface area contributed by atoms with Crippen LogP contribution < -0.4 is 16.3 Å². The Morgan fingerprint density at radius 3 is 2.88 bits per heavy atom. The second-order valence-electron chi connectivity index (χ2n) is 5.58. The number of benzene rings is 1. The average Bonchev–Trinajstić information content (AvgIpc) is 3.19. The molecule has 3 aromatic rings. The first-order valence-corrected chi connectivity index (χ1v) is 7.79. The number of hydrogen-bond acceptors (Lipinski definition) is 5. The molecule has 1 atom stereocenters. The SMILES string of the molecule is Cl.O=c1[nH]nc(-c2cc3ccc(Cl)cc3c(NC3CCNC3)n2)[nH]1. The van der Waals surface area contributed by atoms with Crippen molar-refractivity contribution in [1.82, 2.24) is 25.5 Å². The van der Waals surface area contributed by atoms with Gasteiger partial charge in [0.25, 0.3) is 0 Å². The van der Waals surface area contributed by atoms with Crippen LogP contribution in [0.2, 0.25) is 5.02 Å². The number of nitrogens with one attached hydrogen (secondary N) is 4. The maximum Gasteiger partial charge on any atom is 0.340 e. The molecule has 3 heterocycles. The van der Waals surface area contributed by atoms with Crippen molar-refractivity contribution in [2.45, 2.75) is 12.5 Å². The number of rotatable bonds is 3. The van der Waals surface area contributed by atoms with Crippen molar-refractivity contribution in [2.24, 2.45) is 0 Å². The standard InChI is InChI=1S/C15H15ClN6O.ClH/c16-9-2-1-8-5-12(14-20-15(23)22-21-14)19-13(11(8)6-9)18-10-3-4-17-7-10;/h1-2,5-6,10,17H,3-4,7H2,(H,18,19)(H2,20,21,22,23);1H. The molecule has 0 aliphatic carbocycles. The molecule has 4 N–H and O–H groups in total. The lowest BCUT2D eigenvalue weighted by Gasteiger charge is -2.15. The summed E-state index contributed by atoms with van der Waals surface area (Å²) in [5.41, 5.74) is 0.249. The van der Waals surface area contributed by atoms with Gasteiger partial charge in [-0.25, -0.2) is 14.9 Å². The van der Waals surface area contributed by atoms with E-state index in [1.54, 1.807) is 0 Å². The Kier molecular flexibility index (Phi) is 4.75. The fourth-order valence-electron chi connectivity index (χ4n) is 2.81. The summed E-state index contributed by atoms with van der Waals surface area (Å²) >= 11 is 6.13. The van der Waals surface area contributed by atoms with Gasteiger partial charge >= 0.3 is 5.69 Å². The van der Waals surface area contributed by atoms with Gasteiger partial charge < -0.3 is 10.6 Å². The Morgan fingerprint density at radius 1 is 1.29 bits per heavy atom. The second-order valence-corrected chi connectivity index (χ2v) is 6.02. The fraction of sp³-hybridized carbons (Fsp3) is 0.267. The van der Waals surface area contributed by atoms with E-state index in [0.717, 1.165) is 36.1 Å². The van der Waals surface area contributed by atoms with E-state index in [1.165, 1.54) is 0 Å². The van der Waals surface area contributed by atoms with Crippen LogP contribution in [0.15, 0.2) is 29.1 Å². The maximum atomic E-state index is 11.3. The van der Waals surface area contributed by atoms with E-state index in [9.17, 15) is 4.79 Å². The quantitative estimate of drug-likeness (QED) is 0.569. The first-order valence-electron chi connectivity index (χ1n) is 7.42. The highest BCUT2D eigenvalue weighted by Gasteiger charge is 2.17. The van der Waals surface area contributed by atoms with E-state index in [2.05, 4.69) is 30.8 Å². The van der Waals surface area contributed by atoms with E-state index < -0.39 is 0 Å². The Bertz CT molecular complexity index is 916. The second kappa shape index (κ2) is 6.80. The van der Waals surface area contributed by atoms with Gasteiger partial charge in [-0.3, -0.25) is 4.98 Å². The lowest BCUT2D eigenvalue weighted by molar-refractivity contribution is 0.789. The van der Waals surface area contributed by atoms with Crippen LogP contribution in [0.1, 0.15) is 6.42 Å². The zero-order valence-corrected chi connectivity index (χ0v) is 14.2. The Balaban J connectivity index is 0.00000169. The predicted molar refractivity (Wildman–Crippen MR) is 97.1 cm³/mol. The van der Waals surface area contributed by atoms with Gasteiger partial charge in [0, 0.05) is 23.0 Å². The number of halogens is 2. The number of nitrogens with zero attached hydrogens (tertiary/aromatic N) is 2. The third-order valence-corrected chi connectivity index (χ3v) is 4.17. The van der Waals surface area contributed by atoms with Crippen molar-refractivity contribution in [1.29, 1.82) is 0 Å². The van der Waals surface area contributed by atoms with Crippen molar-refractivity contribution in [3.63, 3.8) is 0 Å². The number of aromatic nitrogens is 4. The number of hydrogen-bond donors (Lipinski definition) is 4. The number of H-pyrrole nitrogens is 2. The summed E-state index contributed by atoms with van der Waals surface area (Å²) in [6.45, 7) is 1.88. The van der Waals surface area contributed by atoms with Crippen LogP contribution in [0.4, 0.5) is 5.82 Å². The van der Waals surface area contributed by atoms with Crippen LogP contribution in [-0.4, -0.2) is 39.3 Å². The number of anilines is 1. The van der Waals surface area contributed by atoms with Crippen molar-refractivity contribution >= 4 is 40.6 Å². The molecule has 126 valence electrons. The van der Waals surface area contributed by atoms with Gasteiger partial charge in [0.15, 0.2) is 5.82 Å². The van der Waals surface area contributed by atoms with Crippen molar-refractivity contribution in [3.05, 3.63) is 39.8 Å². The van der Waals surface area contributed by atoms with Crippen LogP contribution >= 0.6 is 24.0 Å². The van der Waals surface area contributed by atoms with E-state index in [1.807, 2.05) is 24.3 Å². The van der Waals surface area contributed by atoms with Gasteiger partial charge in [0.1, 0.15) is 11.5 Å². The minimum Gasteiger partial charge on any atom is -0.365 e. The summed E-state index contributed by atoms with van der Waals surface area (Å²) in [6, 6.07) is 7.87. The van der Waals surface area contributed by atoms with Crippen molar-refractivity contribution < 1.29 is 0 Å². The predicted octanol–water partition coefficient (Wildman–Crippen LogP) is 2.16. The molecule has 0 spiro atoms. The molecule has 2 aromatic heterocycles. The zero-order chi connectivity index (χ0) is 15.8. The van der Waals surface area contributed by atoms with Crippen LogP contribution in [0, 0.1) is 0 Å². The molecule has 7 nitrogen and oxygen atoms in total. The van der Waals surface area contributed by atoms with Gasteiger partial charge in [-0.05, 0) is 36.6 Å². The monoisotopic (exact) mass is 366 g/mol. The summed E-state index contributed by atoms with van der Waals surface area (Å²) in [6.07, 6.45) is 1.03. The third kappa shape index (κ3) is 3.24. The zero-order valence-electron chi connectivity index (χ0n) is 12.6. The molecule has 9 heteroatoms. The highest BCUT2D eigenvalue weighted by Crippen LogP contribution is 2.29. The molecule has 1 unspecified atom stereocenters. The van der Waals surface area contributed by atoms with Gasteiger partial charge in [-0.2, -0.15) is 5.10 Å². The lowest BCUT2D eigenvalue weighted by atomic mass is 10.1. The Hall–Kier alpha value is -2.09. The highest BCUT2D eigenvalue weighted by molar-refractivity contribution is 6.31. The fourth-order valence-corrected chi connectivity index (χ4v) is 2.99. The maximum absolute atomic E-state index is 11.3. The molecule has 1 aliphatic heterocycles. The van der Waals surface area contributed by atoms with Crippen LogP contribution in [0.25, 0.3) is 22.3 Å². The molecule has 0 saturated carbocycles. The van der Waals surface area contributed by atoms with E-state index in [4.69, 9.17) is 11.6 Å². The lowest BCUT2D eigenvalue weighted by Crippen LogP contribution is -2.23. The van der Waals surface area contributed by atoms with Crippen LogP contribution in [0.3, 0.4) is 0 Å². The molecule has 1 saturated heterocycles. The molecular weight excluding hydrogens is 351 g/mol. The average molecular weight is 367 g/mol. The highest BCUT2D eigenvalue weighted by atomic mass is 35.5. The molecule has 1 fully saturated rings. The van der Waals surface area contributed by atoms with E-state index in [-0.39, 0.29) is 18.1 Å². The number of aromatic amines is 2. The van der Waals surface area contributed by atoms with Gasteiger partial charge in [-0.15, -0.1) is 12.4 Å². The first-order chi connectivity index (χ1) is 11.2.